The Bertz CT molecular complexity index is 861. The lowest BCUT2D eigenvalue weighted by atomic mass is 10.2. The summed E-state index contributed by atoms with van der Waals surface area (Å²) in [4.78, 5) is 36.6. The lowest BCUT2D eigenvalue weighted by molar-refractivity contribution is -0.131. The SMILES string of the molecule is Cc1sc2nc(CN(C)C)n(CC(=O)N3CCCCCC3)c(=O)c2c1C. The minimum Gasteiger partial charge on any atom is -0.341 e. The molecule has 0 unspecified atom stereocenters. The lowest BCUT2D eigenvalue weighted by Gasteiger charge is -2.22. The van der Waals surface area contributed by atoms with E-state index >= 15 is 0 Å². The third kappa shape index (κ3) is 3.83. The molecule has 0 atom stereocenters. The number of aromatic nitrogens is 2. The molecular formula is C19H28N4O2S. The number of hydrogen-bond donors (Lipinski definition) is 0. The van der Waals surface area contributed by atoms with Crippen LogP contribution in [0.15, 0.2) is 4.79 Å². The predicted molar refractivity (Wildman–Crippen MR) is 106 cm³/mol. The largest absolute Gasteiger partial charge is 0.341 e. The molecule has 1 saturated heterocycles. The van der Waals surface area contributed by atoms with Crippen molar-refractivity contribution in [3.63, 3.8) is 0 Å². The van der Waals surface area contributed by atoms with Crippen LogP contribution in [-0.2, 0) is 17.9 Å². The first kappa shape index (κ1) is 19.0. The summed E-state index contributed by atoms with van der Waals surface area (Å²) < 4.78 is 1.59. The normalized spacial score (nSPS) is 15.7. The van der Waals surface area contributed by atoms with Crippen LogP contribution in [0.3, 0.4) is 0 Å². The molecule has 1 fully saturated rings. The second kappa shape index (κ2) is 7.88. The molecule has 6 nitrogen and oxygen atoms in total. The molecule has 7 heteroatoms. The Morgan fingerprint density at radius 1 is 1.15 bits per heavy atom. The van der Waals surface area contributed by atoms with Crippen LogP contribution >= 0.6 is 11.3 Å². The smallest absolute Gasteiger partial charge is 0.263 e. The van der Waals surface area contributed by atoms with Gasteiger partial charge < -0.3 is 9.80 Å². The van der Waals surface area contributed by atoms with Crippen LogP contribution in [0.25, 0.3) is 10.2 Å². The van der Waals surface area contributed by atoms with E-state index < -0.39 is 0 Å². The fourth-order valence-electron chi connectivity index (χ4n) is 3.49. The van der Waals surface area contributed by atoms with E-state index in [2.05, 4.69) is 0 Å². The Labute approximate surface area is 158 Å². The number of likely N-dealkylation sites (tertiary alicyclic amines) is 1. The number of nitrogens with zero attached hydrogens (tertiary/aromatic N) is 4. The Kier molecular flexibility index (Phi) is 5.77. The summed E-state index contributed by atoms with van der Waals surface area (Å²) in [5.74, 6) is 0.691. The van der Waals surface area contributed by atoms with Gasteiger partial charge in [-0.1, -0.05) is 12.8 Å². The summed E-state index contributed by atoms with van der Waals surface area (Å²) in [5.41, 5.74) is 0.895. The first-order valence-corrected chi connectivity index (χ1v) is 10.1. The molecule has 0 spiro atoms. The number of aryl methyl sites for hydroxylation is 2. The molecule has 0 N–H and O–H groups in total. The van der Waals surface area contributed by atoms with Crippen molar-refractivity contribution in [2.45, 2.75) is 52.6 Å². The monoisotopic (exact) mass is 376 g/mol. The molecule has 1 amide bonds. The van der Waals surface area contributed by atoms with E-state index in [0.717, 1.165) is 41.2 Å². The van der Waals surface area contributed by atoms with Crippen molar-refractivity contribution in [2.75, 3.05) is 27.2 Å². The third-order valence-corrected chi connectivity index (χ3v) is 6.18. The minimum atomic E-state index is -0.0862. The number of carbonyl (C=O) groups excluding carboxylic acids is 1. The quantitative estimate of drug-likeness (QED) is 0.823. The second-order valence-corrected chi connectivity index (χ2v) is 8.62. The van der Waals surface area contributed by atoms with Gasteiger partial charge in [0.1, 0.15) is 17.2 Å². The molecule has 3 heterocycles. The first-order chi connectivity index (χ1) is 12.4. The summed E-state index contributed by atoms with van der Waals surface area (Å²) in [6, 6.07) is 0. The van der Waals surface area contributed by atoms with Crippen LogP contribution in [0, 0.1) is 13.8 Å². The Morgan fingerprint density at radius 3 is 2.42 bits per heavy atom. The van der Waals surface area contributed by atoms with Gasteiger partial charge >= 0.3 is 0 Å². The molecule has 2 aromatic heterocycles. The van der Waals surface area contributed by atoms with Crippen molar-refractivity contribution in [3.8, 4) is 0 Å². The van der Waals surface area contributed by atoms with Gasteiger partial charge in [0.25, 0.3) is 5.56 Å². The van der Waals surface area contributed by atoms with Gasteiger partial charge in [0, 0.05) is 18.0 Å². The topological polar surface area (TPSA) is 58.4 Å². The van der Waals surface area contributed by atoms with Gasteiger partial charge in [-0.2, -0.15) is 0 Å². The van der Waals surface area contributed by atoms with Gasteiger partial charge in [0.2, 0.25) is 5.91 Å². The number of thiophene rings is 1. The van der Waals surface area contributed by atoms with Crippen molar-refractivity contribution in [1.82, 2.24) is 19.4 Å². The molecule has 0 saturated carbocycles. The van der Waals surface area contributed by atoms with Crippen LogP contribution in [-0.4, -0.2) is 52.4 Å². The maximum Gasteiger partial charge on any atom is 0.263 e. The van der Waals surface area contributed by atoms with E-state index in [1.54, 1.807) is 15.9 Å². The number of amides is 1. The second-order valence-electron chi connectivity index (χ2n) is 7.42. The Balaban J connectivity index is 2.01. The molecule has 3 rings (SSSR count). The molecule has 0 aliphatic carbocycles. The van der Waals surface area contributed by atoms with Gasteiger partial charge in [0.05, 0.1) is 11.9 Å². The molecule has 2 aromatic rings. The molecule has 0 radical (unpaired) electrons. The zero-order chi connectivity index (χ0) is 18.8. The third-order valence-electron chi connectivity index (χ3n) is 5.08. The summed E-state index contributed by atoms with van der Waals surface area (Å²) in [5, 5.41) is 0.665. The molecular weight excluding hydrogens is 348 g/mol. The molecule has 1 aliphatic heterocycles. The maximum atomic E-state index is 13.2. The van der Waals surface area contributed by atoms with Gasteiger partial charge in [-0.05, 0) is 46.3 Å². The van der Waals surface area contributed by atoms with E-state index in [4.69, 9.17) is 4.98 Å². The Hall–Kier alpha value is -1.73. The maximum absolute atomic E-state index is 13.2. The molecule has 0 aromatic carbocycles. The van der Waals surface area contributed by atoms with E-state index in [0.29, 0.717) is 17.8 Å². The average Bonchev–Trinajstić information content (AvgIpc) is 2.78. The molecule has 1 aliphatic rings. The lowest BCUT2D eigenvalue weighted by Crippen LogP contribution is -2.39. The summed E-state index contributed by atoms with van der Waals surface area (Å²) >= 11 is 1.55. The Morgan fingerprint density at radius 2 is 1.81 bits per heavy atom. The van der Waals surface area contributed by atoms with E-state index in [-0.39, 0.29) is 18.0 Å². The fraction of sp³-hybridized carbons (Fsp3) is 0.632. The van der Waals surface area contributed by atoms with Crippen LogP contribution in [0.2, 0.25) is 0 Å². The fourth-order valence-corrected chi connectivity index (χ4v) is 4.53. The highest BCUT2D eigenvalue weighted by atomic mass is 32.1. The van der Waals surface area contributed by atoms with Crippen molar-refractivity contribution in [3.05, 3.63) is 26.6 Å². The summed E-state index contributed by atoms with van der Waals surface area (Å²) in [6.07, 6.45) is 4.45. The van der Waals surface area contributed by atoms with Crippen molar-refractivity contribution in [1.29, 1.82) is 0 Å². The van der Waals surface area contributed by atoms with Crippen molar-refractivity contribution in [2.24, 2.45) is 0 Å². The van der Waals surface area contributed by atoms with Crippen LogP contribution < -0.4 is 5.56 Å². The zero-order valence-electron chi connectivity index (χ0n) is 16.2. The molecule has 142 valence electrons. The molecule has 0 bridgehead atoms. The first-order valence-electron chi connectivity index (χ1n) is 9.30. The summed E-state index contributed by atoms with van der Waals surface area (Å²) in [7, 11) is 3.89. The predicted octanol–water partition coefficient (Wildman–Crippen LogP) is 2.54. The number of hydrogen-bond acceptors (Lipinski definition) is 5. The van der Waals surface area contributed by atoms with Gasteiger partial charge in [0.15, 0.2) is 0 Å². The average molecular weight is 377 g/mol. The van der Waals surface area contributed by atoms with Crippen molar-refractivity contribution < 1.29 is 4.79 Å². The van der Waals surface area contributed by atoms with Crippen LogP contribution in [0.5, 0.6) is 0 Å². The number of carbonyl (C=O) groups is 1. The van der Waals surface area contributed by atoms with Crippen molar-refractivity contribution >= 4 is 27.5 Å². The minimum absolute atomic E-state index is 0.0276. The van der Waals surface area contributed by atoms with Crippen LogP contribution in [0.1, 0.15) is 41.9 Å². The highest BCUT2D eigenvalue weighted by Crippen LogP contribution is 2.26. The molecule has 26 heavy (non-hydrogen) atoms. The highest BCUT2D eigenvalue weighted by molar-refractivity contribution is 7.18. The highest BCUT2D eigenvalue weighted by Gasteiger charge is 2.21. The van der Waals surface area contributed by atoms with E-state index in [1.165, 1.54) is 12.8 Å². The zero-order valence-corrected chi connectivity index (χ0v) is 17.0. The van der Waals surface area contributed by atoms with Gasteiger partial charge in [-0.3, -0.25) is 14.2 Å². The standard InChI is InChI=1S/C19H28N4O2S/c1-13-14(2)26-18-17(13)19(25)23(15(20-18)11-21(3)4)12-16(24)22-9-7-5-6-8-10-22/h5-12H2,1-4H3. The van der Waals surface area contributed by atoms with E-state index in [9.17, 15) is 9.59 Å². The van der Waals surface area contributed by atoms with Gasteiger partial charge in [-0.15, -0.1) is 11.3 Å². The number of rotatable bonds is 4. The number of fused-ring (bicyclic) bond motifs is 1. The summed E-state index contributed by atoms with van der Waals surface area (Å²) in [6.45, 7) is 6.18. The van der Waals surface area contributed by atoms with Crippen LogP contribution in [0.4, 0.5) is 0 Å². The van der Waals surface area contributed by atoms with E-state index in [1.807, 2.05) is 37.7 Å². The van der Waals surface area contributed by atoms with Gasteiger partial charge in [-0.25, -0.2) is 4.98 Å².